The minimum absolute atomic E-state index is 0.697. The Kier molecular flexibility index (Phi) is 4.34. The molecular weight excluding hydrogens is 312 g/mol. The molecular formula is C16H19ClN6. The van der Waals surface area contributed by atoms with E-state index in [-0.39, 0.29) is 0 Å². The molecule has 0 fully saturated rings. The van der Waals surface area contributed by atoms with Crippen LogP contribution in [-0.4, -0.2) is 32.8 Å². The Balaban J connectivity index is 2.08. The average molecular weight is 331 g/mol. The summed E-state index contributed by atoms with van der Waals surface area (Å²) in [5.41, 5.74) is 1.72. The first-order valence-electron chi connectivity index (χ1n) is 7.59. The van der Waals surface area contributed by atoms with Crippen molar-refractivity contribution in [3.8, 4) is 0 Å². The fraction of sp³-hybridized carbons (Fsp3) is 0.312. The predicted molar refractivity (Wildman–Crippen MR) is 94.6 cm³/mol. The number of aryl methyl sites for hydroxylation is 1. The van der Waals surface area contributed by atoms with Crippen LogP contribution in [-0.2, 0) is 7.05 Å². The number of halogens is 1. The molecule has 3 rings (SSSR count). The average Bonchev–Trinajstić information content (AvgIpc) is 2.93. The number of nitrogens with one attached hydrogen (secondary N) is 1. The minimum Gasteiger partial charge on any atom is -0.341 e. The summed E-state index contributed by atoms with van der Waals surface area (Å²) < 4.78 is 1.76. The van der Waals surface area contributed by atoms with Crippen molar-refractivity contribution in [2.24, 2.45) is 7.05 Å². The molecule has 23 heavy (non-hydrogen) atoms. The summed E-state index contributed by atoms with van der Waals surface area (Å²) in [6.07, 6.45) is 1.78. The molecule has 120 valence electrons. The van der Waals surface area contributed by atoms with Crippen LogP contribution >= 0.6 is 11.6 Å². The molecule has 0 radical (unpaired) electrons. The van der Waals surface area contributed by atoms with Gasteiger partial charge < -0.3 is 10.2 Å². The summed E-state index contributed by atoms with van der Waals surface area (Å²) in [6, 6.07) is 7.53. The molecule has 0 bridgehead atoms. The number of hydrogen-bond donors (Lipinski definition) is 1. The Bertz CT molecular complexity index is 807. The number of anilines is 3. The highest BCUT2D eigenvalue weighted by molar-refractivity contribution is 6.30. The van der Waals surface area contributed by atoms with E-state index in [1.807, 2.05) is 31.3 Å². The van der Waals surface area contributed by atoms with Gasteiger partial charge in [-0.05, 0) is 38.1 Å². The van der Waals surface area contributed by atoms with Crippen LogP contribution in [0.3, 0.4) is 0 Å². The topological polar surface area (TPSA) is 58.9 Å². The largest absolute Gasteiger partial charge is 0.341 e. The van der Waals surface area contributed by atoms with Gasteiger partial charge in [0.05, 0.1) is 11.6 Å². The summed E-state index contributed by atoms with van der Waals surface area (Å²) in [7, 11) is 1.88. The van der Waals surface area contributed by atoms with Gasteiger partial charge in [0.1, 0.15) is 5.82 Å². The van der Waals surface area contributed by atoms with Crippen molar-refractivity contribution in [1.82, 2.24) is 19.7 Å². The molecule has 1 N–H and O–H groups in total. The molecule has 0 spiro atoms. The standard InChI is InChI=1S/C16H19ClN6/c1-4-23(5-2)16-20-14(13-10-18-22(3)15(13)21-16)19-12-8-6-11(17)7-9-12/h6-10H,4-5H2,1-3H3,(H,19,20,21). The molecule has 2 aromatic heterocycles. The Morgan fingerprint density at radius 3 is 2.48 bits per heavy atom. The van der Waals surface area contributed by atoms with Crippen molar-refractivity contribution in [2.45, 2.75) is 13.8 Å². The maximum atomic E-state index is 5.94. The molecule has 0 aliphatic carbocycles. The minimum atomic E-state index is 0.697. The van der Waals surface area contributed by atoms with E-state index in [1.54, 1.807) is 10.9 Å². The molecule has 6 nitrogen and oxygen atoms in total. The molecule has 3 aromatic rings. The number of rotatable bonds is 5. The zero-order chi connectivity index (χ0) is 16.4. The zero-order valence-electron chi connectivity index (χ0n) is 13.4. The van der Waals surface area contributed by atoms with Crippen molar-refractivity contribution in [1.29, 1.82) is 0 Å². The number of fused-ring (bicyclic) bond motifs is 1. The van der Waals surface area contributed by atoms with Crippen molar-refractivity contribution in [3.05, 3.63) is 35.5 Å². The van der Waals surface area contributed by atoms with Crippen LogP contribution in [0.5, 0.6) is 0 Å². The Labute approximate surface area is 140 Å². The molecule has 0 unspecified atom stereocenters. The van der Waals surface area contributed by atoms with Crippen LogP contribution in [0, 0.1) is 0 Å². The highest BCUT2D eigenvalue weighted by Gasteiger charge is 2.14. The van der Waals surface area contributed by atoms with E-state index in [0.717, 1.165) is 35.6 Å². The number of aromatic nitrogens is 4. The third-order valence-corrected chi connectivity index (χ3v) is 3.99. The second-order valence-electron chi connectivity index (χ2n) is 5.18. The van der Waals surface area contributed by atoms with Crippen LogP contribution < -0.4 is 10.2 Å². The first-order chi connectivity index (χ1) is 11.1. The van der Waals surface area contributed by atoms with Crippen LogP contribution in [0.25, 0.3) is 11.0 Å². The van der Waals surface area contributed by atoms with E-state index >= 15 is 0 Å². The second-order valence-corrected chi connectivity index (χ2v) is 5.62. The molecule has 0 aliphatic rings. The van der Waals surface area contributed by atoms with Crippen LogP contribution in [0.1, 0.15) is 13.8 Å². The van der Waals surface area contributed by atoms with E-state index < -0.39 is 0 Å². The van der Waals surface area contributed by atoms with E-state index in [2.05, 4.69) is 34.1 Å². The summed E-state index contributed by atoms with van der Waals surface area (Å²) in [6.45, 7) is 5.87. The van der Waals surface area contributed by atoms with Crippen LogP contribution in [0.4, 0.5) is 17.5 Å². The van der Waals surface area contributed by atoms with E-state index in [4.69, 9.17) is 16.6 Å². The molecule has 0 saturated heterocycles. The van der Waals surface area contributed by atoms with Gasteiger partial charge >= 0.3 is 0 Å². The van der Waals surface area contributed by atoms with Gasteiger partial charge in [-0.3, -0.25) is 4.68 Å². The smallest absolute Gasteiger partial charge is 0.229 e. The normalized spacial score (nSPS) is 11.0. The maximum Gasteiger partial charge on any atom is 0.229 e. The third kappa shape index (κ3) is 3.07. The highest BCUT2D eigenvalue weighted by Crippen LogP contribution is 2.26. The second kappa shape index (κ2) is 6.42. The fourth-order valence-corrected chi connectivity index (χ4v) is 2.55. The molecule has 7 heteroatoms. The van der Waals surface area contributed by atoms with Crippen molar-refractivity contribution < 1.29 is 0 Å². The van der Waals surface area contributed by atoms with Gasteiger partial charge in [-0.2, -0.15) is 15.1 Å². The quantitative estimate of drug-likeness (QED) is 0.774. The molecule has 0 atom stereocenters. The number of nitrogens with zero attached hydrogens (tertiary/aromatic N) is 5. The van der Waals surface area contributed by atoms with Gasteiger partial charge in [-0.1, -0.05) is 11.6 Å². The predicted octanol–water partition coefficient (Wildman–Crippen LogP) is 3.61. The number of hydrogen-bond acceptors (Lipinski definition) is 5. The van der Waals surface area contributed by atoms with Crippen molar-refractivity contribution >= 4 is 40.1 Å². The Morgan fingerprint density at radius 2 is 1.83 bits per heavy atom. The lowest BCUT2D eigenvalue weighted by molar-refractivity contribution is 0.776. The molecule has 0 amide bonds. The van der Waals surface area contributed by atoms with Gasteiger partial charge in [0, 0.05) is 30.8 Å². The lowest BCUT2D eigenvalue weighted by Gasteiger charge is -2.19. The van der Waals surface area contributed by atoms with E-state index in [1.165, 1.54) is 0 Å². The van der Waals surface area contributed by atoms with Gasteiger partial charge in [0.2, 0.25) is 5.95 Å². The molecule has 0 saturated carbocycles. The fourth-order valence-electron chi connectivity index (χ4n) is 2.42. The number of benzene rings is 1. The van der Waals surface area contributed by atoms with Crippen molar-refractivity contribution in [2.75, 3.05) is 23.3 Å². The van der Waals surface area contributed by atoms with Crippen LogP contribution in [0.2, 0.25) is 5.02 Å². The molecule has 1 aromatic carbocycles. The maximum absolute atomic E-state index is 5.94. The first-order valence-corrected chi connectivity index (χ1v) is 7.97. The molecule has 2 heterocycles. The summed E-state index contributed by atoms with van der Waals surface area (Å²) in [5, 5.41) is 9.23. The van der Waals surface area contributed by atoms with Crippen molar-refractivity contribution in [3.63, 3.8) is 0 Å². The SMILES string of the molecule is CCN(CC)c1nc(Nc2ccc(Cl)cc2)c2cnn(C)c2n1. The summed E-state index contributed by atoms with van der Waals surface area (Å²) in [4.78, 5) is 11.4. The highest BCUT2D eigenvalue weighted by atomic mass is 35.5. The lowest BCUT2D eigenvalue weighted by Crippen LogP contribution is -2.24. The van der Waals surface area contributed by atoms with E-state index in [0.29, 0.717) is 11.0 Å². The van der Waals surface area contributed by atoms with Gasteiger partial charge in [0.25, 0.3) is 0 Å². The Morgan fingerprint density at radius 1 is 1.13 bits per heavy atom. The summed E-state index contributed by atoms with van der Waals surface area (Å²) >= 11 is 5.94. The third-order valence-electron chi connectivity index (χ3n) is 3.73. The van der Waals surface area contributed by atoms with E-state index in [9.17, 15) is 0 Å². The van der Waals surface area contributed by atoms with Crippen LogP contribution in [0.15, 0.2) is 30.5 Å². The summed E-state index contributed by atoms with van der Waals surface area (Å²) in [5.74, 6) is 1.44. The lowest BCUT2D eigenvalue weighted by atomic mass is 10.3. The first kappa shape index (κ1) is 15.6. The molecule has 0 aliphatic heterocycles. The zero-order valence-corrected chi connectivity index (χ0v) is 14.2. The monoisotopic (exact) mass is 330 g/mol. The van der Waals surface area contributed by atoms with Gasteiger partial charge in [0.15, 0.2) is 5.65 Å². The van der Waals surface area contributed by atoms with Gasteiger partial charge in [-0.25, -0.2) is 0 Å². The van der Waals surface area contributed by atoms with Gasteiger partial charge in [-0.15, -0.1) is 0 Å². The Hall–Kier alpha value is -2.34.